The van der Waals surface area contributed by atoms with Crippen LogP contribution in [0.15, 0.2) is 47.5 Å². The van der Waals surface area contributed by atoms with E-state index in [2.05, 4.69) is 20.4 Å². The van der Waals surface area contributed by atoms with Crippen molar-refractivity contribution in [1.29, 1.82) is 0 Å². The van der Waals surface area contributed by atoms with Gasteiger partial charge in [-0.2, -0.15) is 8.78 Å². The first-order valence-corrected chi connectivity index (χ1v) is 8.01. The maximum Gasteiger partial charge on any atom is 0.387 e. The first-order chi connectivity index (χ1) is 12.7. The van der Waals surface area contributed by atoms with Crippen LogP contribution in [-0.2, 0) is 13.1 Å². The molecular weight excluding hydrogens is 471 g/mol. The molecule has 2 N–H and O–H groups in total. The van der Waals surface area contributed by atoms with E-state index in [0.717, 1.165) is 5.56 Å². The largest absolute Gasteiger partial charge is 0.454 e. The van der Waals surface area contributed by atoms with E-state index in [9.17, 15) is 8.78 Å². The van der Waals surface area contributed by atoms with Crippen LogP contribution in [0.3, 0.4) is 0 Å². The zero-order valence-electron chi connectivity index (χ0n) is 14.6. The summed E-state index contributed by atoms with van der Waals surface area (Å²) in [6.45, 7) is -2.06. The number of fused-ring (bicyclic) bond motifs is 1. The van der Waals surface area contributed by atoms with Gasteiger partial charge in [0.1, 0.15) is 5.75 Å². The number of nitrogens with zero attached hydrogens (tertiary/aromatic N) is 1. The number of hydrogen-bond acceptors (Lipinski definition) is 4. The van der Waals surface area contributed by atoms with Gasteiger partial charge in [0.2, 0.25) is 6.79 Å². The number of rotatable bonds is 6. The van der Waals surface area contributed by atoms with E-state index in [0.29, 0.717) is 29.6 Å². The number of guanidine groups is 1. The Balaban J connectivity index is 0.00000261. The second-order valence-electron chi connectivity index (χ2n) is 5.46. The Labute approximate surface area is 172 Å². The van der Waals surface area contributed by atoms with E-state index in [1.165, 1.54) is 6.07 Å². The Bertz CT molecular complexity index is 776. The van der Waals surface area contributed by atoms with E-state index >= 15 is 0 Å². The van der Waals surface area contributed by atoms with Gasteiger partial charge in [-0.15, -0.1) is 24.0 Å². The molecule has 146 valence electrons. The standard InChI is InChI=1S/C18H19F2N3O3.HI/c1-21-18(22-9-12-5-3-2-4-6-12)23-10-13-7-15-16(25-11-24-15)8-14(13)26-17(19)20;/h2-8,17H,9-11H2,1H3,(H2,21,22,23);1H. The lowest BCUT2D eigenvalue weighted by Gasteiger charge is -2.15. The molecule has 1 heterocycles. The fourth-order valence-corrected chi connectivity index (χ4v) is 2.49. The number of halogens is 3. The Morgan fingerprint density at radius 1 is 1.11 bits per heavy atom. The molecule has 0 bridgehead atoms. The van der Waals surface area contributed by atoms with E-state index in [-0.39, 0.29) is 43.1 Å². The molecule has 27 heavy (non-hydrogen) atoms. The van der Waals surface area contributed by atoms with E-state index in [1.54, 1.807) is 13.1 Å². The molecule has 0 unspecified atom stereocenters. The first-order valence-electron chi connectivity index (χ1n) is 8.01. The molecule has 0 amide bonds. The van der Waals surface area contributed by atoms with Crippen LogP contribution < -0.4 is 24.8 Å². The molecule has 9 heteroatoms. The summed E-state index contributed by atoms with van der Waals surface area (Å²) >= 11 is 0. The maximum absolute atomic E-state index is 12.7. The van der Waals surface area contributed by atoms with Gasteiger partial charge in [-0.3, -0.25) is 4.99 Å². The highest BCUT2D eigenvalue weighted by atomic mass is 127. The molecular formula is C18H20F2IN3O3. The lowest BCUT2D eigenvalue weighted by atomic mass is 10.1. The zero-order valence-corrected chi connectivity index (χ0v) is 16.9. The highest BCUT2D eigenvalue weighted by Gasteiger charge is 2.20. The Morgan fingerprint density at radius 3 is 2.44 bits per heavy atom. The Kier molecular flexibility index (Phi) is 7.89. The smallest absolute Gasteiger partial charge is 0.387 e. The van der Waals surface area contributed by atoms with Gasteiger partial charge >= 0.3 is 6.61 Å². The topological polar surface area (TPSA) is 64.1 Å². The minimum atomic E-state index is -2.93. The molecule has 0 aromatic heterocycles. The number of alkyl halides is 2. The summed E-state index contributed by atoms with van der Waals surface area (Å²) in [5.41, 5.74) is 1.61. The lowest BCUT2D eigenvalue weighted by molar-refractivity contribution is -0.0505. The monoisotopic (exact) mass is 491 g/mol. The van der Waals surface area contributed by atoms with Gasteiger partial charge in [0.15, 0.2) is 17.5 Å². The molecule has 2 aromatic rings. The highest BCUT2D eigenvalue weighted by Crippen LogP contribution is 2.38. The second-order valence-corrected chi connectivity index (χ2v) is 5.46. The highest BCUT2D eigenvalue weighted by molar-refractivity contribution is 14.0. The van der Waals surface area contributed by atoms with Crippen molar-refractivity contribution in [2.24, 2.45) is 4.99 Å². The fraction of sp³-hybridized carbons (Fsp3) is 0.278. The summed E-state index contributed by atoms with van der Waals surface area (Å²) in [4.78, 5) is 4.13. The molecule has 0 aliphatic carbocycles. The van der Waals surface area contributed by atoms with Gasteiger partial charge in [-0.25, -0.2) is 0 Å². The van der Waals surface area contributed by atoms with Crippen molar-refractivity contribution in [3.8, 4) is 17.2 Å². The minimum Gasteiger partial charge on any atom is -0.454 e. The average molecular weight is 491 g/mol. The van der Waals surface area contributed by atoms with Crippen molar-refractivity contribution in [3.05, 3.63) is 53.6 Å². The third-order valence-corrected chi connectivity index (χ3v) is 3.74. The molecule has 2 aromatic carbocycles. The van der Waals surface area contributed by atoms with Gasteiger partial charge in [-0.05, 0) is 11.6 Å². The van der Waals surface area contributed by atoms with Crippen molar-refractivity contribution in [3.63, 3.8) is 0 Å². The molecule has 0 spiro atoms. The summed E-state index contributed by atoms with van der Waals surface area (Å²) in [5.74, 6) is 1.46. The van der Waals surface area contributed by atoms with Crippen molar-refractivity contribution in [1.82, 2.24) is 10.6 Å². The predicted molar refractivity (Wildman–Crippen MR) is 108 cm³/mol. The summed E-state index contributed by atoms with van der Waals surface area (Å²) in [6, 6.07) is 12.9. The van der Waals surface area contributed by atoms with Crippen LogP contribution in [0, 0.1) is 0 Å². The first kappa shape index (κ1) is 21.0. The lowest BCUT2D eigenvalue weighted by Crippen LogP contribution is -2.36. The third-order valence-electron chi connectivity index (χ3n) is 3.74. The van der Waals surface area contributed by atoms with Crippen LogP contribution in [0.4, 0.5) is 8.78 Å². The summed E-state index contributed by atoms with van der Waals surface area (Å²) in [7, 11) is 1.64. The fourth-order valence-electron chi connectivity index (χ4n) is 2.49. The number of aliphatic imine (C=N–C) groups is 1. The molecule has 0 atom stereocenters. The summed E-state index contributed by atoms with van der Waals surface area (Å²) < 4.78 is 40.5. The molecule has 0 fully saturated rings. The van der Waals surface area contributed by atoms with Crippen molar-refractivity contribution < 1.29 is 23.0 Å². The van der Waals surface area contributed by atoms with Crippen molar-refractivity contribution >= 4 is 29.9 Å². The van der Waals surface area contributed by atoms with Crippen LogP contribution in [0.5, 0.6) is 17.2 Å². The zero-order chi connectivity index (χ0) is 18.4. The van der Waals surface area contributed by atoms with Crippen LogP contribution in [-0.4, -0.2) is 26.4 Å². The van der Waals surface area contributed by atoms with Gasteiger partial charge in [0.25, 0.3) is 0 Å². The Hall–Kier alpha value is -2.30. The van der Waals surface area contributed by atoms with Gasteiger partial charge in [0, 0.05) is 31.8 Å². The molecule has 0 saturated heterocycles. The second kappa shape index (κ2) is 10.1. The van der Waals surface area contributed by atoms with E-state index in [1.807, 2.05) is 30.3 Å². The maximum atomic E-state index is 12.7. The number of benzene rings is 2. The molecule has 1 aliphatic rings. The van der Waals surface area contributed by atoms with E-state index < -0.39 is 6.61 Å². The average Bonchev–Trinajstić information content (AvgIpc) is 3.09. The Morgan fingerprint density at radius 2 is 1.78 bits per heavy atom. The molecule has 1 aliphatic heterocycles. The summed E-state index contributed by atoms with van der Waals surface area (Å²) in [5, 5.41) is 6.24. The van der Waals surface area contributed by atoms with Crippen LogP contribution in [0.2, 0.25) is 0 Å². The van der Waals surface area contributed by atoms with Crippen LogP contribution in [0.1, 0.15) is 11.1 Å². The number of ether oxygens (including phenoxy) is 3. The third kappa shape index (κ3) is 5.84. The molecule has 0 radical (unpaired) electrons. The normalized spacial score (nSPS) is 12.5. The predicted octanol–water partition coefficient (Wildman–Crippen LogP) is 3.50. The number of nitrogens with one attached hydrogen (secondary N) is 2. The molecule has 0 saturated carbocycles. The van der Waals surface area contributed by atoms with Crippen LogP contribution in [0.25, 0.3) is 0 Å². The number of hydrogen-bond donors (Lipinski definition) is 2. The SMILES string of the molecule is CN=C(NCc1ccccc1)NCc1cc2c(cc1OC(F)F)OCO2.I. The van der Waals surface area contributed by atoms with Gasteiger partial charge in [-0.1, -0.05) is 30.3 Å². The minimum absolute atomic E-state index is 0. The van der Waals surface area contributed by atoms with Crippen LogP contribution >= 0.6 is 24.0 Å². The van der Waals surface area contributed by atoms with Crippen molar-refractivity contribution in [2.45, 2.75) is 19.7 Å². The molecule has 3 rings (SSSR count). The summed E-state index contributed by atoms with van der Waals surface area (Å²) in [6.07, 6.45) is 0. The molecule has 6 nitrogen and oxygen atoms in total. The van der Waals surface area contributed by atoms with Gasteiger partial charge < -0.3 is 24.8 Å². The van der Waals surface area contributed by atoms with E-state index in [4.69, 9.17) is 9.47 Å². The van der Waals surface area contributed by atoms with Gasteiger partial charge in [0.05, 0.1) is 0 Å². The van der Waals surface area contributed by atoms with Crippen molar-refractivity contribution in [2.75, 3.05) is 13.8 Å². The quantitative estimate of drug-likeness (QED) is 0.368.